The molecule has 2 aromatic rings. The number of aryl methyl sites for hydroxylation is 2. The average molecular weight is 183 g/mol. The van der Waals surface area contributed by atoms with Gasteiger partial charge in [0, 0.05) is 11.8 Å². The molecule has 2 rings (SSSR count). The summed E-state index contributed by atoms with van der Waals surface area (Å²) < 4.78 is 0. The Morgan fingerprint density at radius 1 is 1.29 bits per heavy atom. The third kappa shape index (κ3) is 1.21. The number of nitrogens with zero attached hydrogens (tertiary/aromatic N) is 3. The van der Waals surface area contributed by atoms with Gasteiger partial charge in [-0.2, -0.15) is 0 Å². The van der Waals surface area contributed by atoms with E-state index >= 15 is 0 Å². The summed E-state index contributed by atoms with van der Waals surface area (Å²) >= 11 is 0. The average Bonchev–Trinajstić information content (AvgIpc) is 2.23. The lowest BCUT2D eigenvalue weighted by atomic mass is 10.1. The van der Waals surface area contributed by atoms with E-state index in [0.717, 1.165) is 22.2 Å². The third-order valence-electron chi connectivity index (χ3n) is 2.32. The van der Waals surface area contributed by atoms with Gasteiger partial charge in [-0.1, -0.05) is 6.57 Å². The van der Waals surface area contributed by atoms with Gasteiger partial charge in [-0.25, -0.2) is 0 Å². The molecule has 68 valence electrons. The van der Waals surface area contributed by atoms with E-state index < -0.39 is 0 Å². The first-order valence-corrected chi connectivity index (χ1v) is 4.33. The van der Waals surface area contributed by atoms with Gasteiger partial charge in [0.25, 0.3) is 5.82 Å². The molecule has 0 unspecified atom stereocenters. The van der Waals surface area contributed by atoms with Crippen LogP contribution in [0.2, 0.25) is 0 Å². The first-order chi connectivity index (χ1) is 6.72. The number of hydrogen-bond donors (Lipinski definition) is 0. The minimum absolute atomic E-state index is 0.424. The summed E-state index contributed by atoms with van der Waals surface area (Å²) in [6.07, 6.45) is 1.83. The minimum Gasteiger partial charge on any atom is -0.361 e. The second-order valence-electron chi connectivity index (χ2n) is 3.22. The van der Waals surface area contributed by atoms with Crippen LogP contribution in [-0.4, -0.2) is 9.97 Å². The lowest BCUT2D eigenvalue weighted by Crippen LogP contribution is -1.89. The molecule has 0 spiro atoms. The van der Waals surface area contributed by atoms with Crippen LogP contribution in [0.1, 0.15) is 11.1 Å². The summed E-state index contributed by atoms with van der Waals surface area (Å²) in [5, 5.41) is 0. The van der Waals surface area contributed by atoms with Gasteiger partial charge in [0.05, 0.1) is 0 Å². The van der Waals surface area contributed by atoms with Crippen molar-refractivity contribution in [3.8, 4) is 0 Å². The molecule has 0 N–H and O–H groups in total. The largest absolute Gasteiger partial charge is 0.361 e. The fourth-order valence-electron chi connectivity index (χ4n) is 1.33. The van der Waals surface area contributed by atoms with Crippen LogP contribution >= 0.6 is 0 Å². The van der Waals surface area contributed by atoms with Crippen LogP contribution in [0.5, 0.6) is 0 Å². The zero-order chi connectivity index (χ0) is 10.1. The third-order valence-corrected chi connectivity index (χ3v) is 2.32. The lowest BCUT2D eigenvalue weighted by molar-refractivity contribution is 1.24. The molecule has 2 aromatic heterocycles. The summed E-state index contributed by atoms with van der Waals surface area (Å²) in [6, 6.07) is 3.53. The minimum atomic E-state index is 0.424. The summed E-state index contributed by atoms with van der Waals surface area (Å²) in [6.45, 7) is 10.9. The molecule has 2 heterocycles. The Hall–Kier alpha value is -1.95. The first kappa shape index (κ1) is 8.64. The lowest BCUT2D eigenvalue weighted by Gasteiger charge is -2.00. The van der Waals surface area contributed by atoms with Gasteiger partial charge < -0.3 is 4.85 Å². The standard InChI is InChI=1S/C11H9N3/c1-7-6-13-9-4-5-10(12-3)14-11(9)8(7)2/h4-6H,1-2H3. The second-order valence-corrected chi connectivity index (χ2v) is 3.22. The monoisotopic (exact) mass is 183 g/mol. The van der Waals surface area contributed by atoms with Crippen molar-refractivity contribution in [2.75, 3.05) is 0 Å². The van der Waals surface area contributed by atoms with Crippen molar-refractivity contribution >= 4 is 16.9 Å². The molecule has 0 aliphatic carbocycles. The molecule has 14 heavy (non-hydrogen) atoms. The van der Waals surface area contributed by atoms with E-state index in [9.17, 15) is 0 Å². The van der Waals surface area contributed by atoms with Gasteiger partial charge in [0.2, 0.25) is 0 Å². The normalized spacial score (nSPS) is 10.1. The van der Waals surface area contributed by atoms with Crippen LogP contribution < -0.4 is 0 Å². The topological polar surface area (TPSA) is 30.1 Å². The van der Waals surface area contributed by atoms with Crippen molar-refractivity contribution in [3.63, 3.8) is 0 Å². The summed E-state index contributed by atoms with van der Waals surface area (Å²) in [4.78, 5) is 11.8. The zero-order valence-corrected chi connectivity index (χ0v) is 8.07. The number of hydrogen-bond acceptors (Lipinski definition) is 2. The zero-order valence-electron chi connectivity index (χ0n) is 8.07. The highest BCUT2D eigenvalue weighted by molar-refractivity contribution is 5.80. The van der Waals surface area contributed by atoms with E-state index in [4.69, 9.17) is 6.57 Å². The Morgan fingerprint density at radius 3 is 2.79 bits per heavy atom. The molecular formula is C11H9N3. The van der Waals surface area contributed by atoms with Crippen LogP contribution in [0.15, 0.2) is 18.3 Å². The predicted octanol–water partition coefficient (Wildman–Crippen LogP) is 2.80. The van der Waals surface area contributed by atoms with Crippen molar-refractivity contribution in [3.05, 3.63) is 40.9 Å². The van der Waals surface area contributed by atoms with Crippen LogP contribution in [0, 0.1) is 20.4 Å². The molecule has 0 aliphatic rings. The number of fused-ring (bicyclic) bond motifs is 1. The SMILES string of the molecule is [C-]#[N+]c1ccc2ncc(C)c(C)c2n1. The molecule has 0 aromatic carbocycles. The molecule has 3 heteroatoms. The fourth-order valence-corrected chi connectivity index (χ4v) is 1.33. The molecule has 0 bridgehead atoms. The Bertz CT molecular complexity index is 538. The quantitative estimate of drug-likeness (QED) is 0.588. The highest BCUT2D eigenvalue weighted by Gasteiger charge is 2.06. The van der Waals surface area contributed by atoms with E-state index in [1.807, 2.05) is 26.1 Å². The molecule has 0 aliphatic heterocycles. The van der Waals surface area contributed by atoms with E-state index in [1.54, 1.807) is 6.07 Å². The van der Waals surface area contributed by atoms with Crippen LogP contribution in [0.3, 0.4) is 0 Å². The maximum absolute atomic E-state index is 6.89. The van der Waals surface area contributed by atoms with Gasteiger partial charge in [0.1, 0.15) is 5.52 Å². The molecule has 0 atom stereocenters. The van der Waals surface area contributed by atoms with Crippen LogP contribution in [0.4, 0.5) is 5.82 Å². The Morgan fingerprint density at radius 2 is 2.07 bits per heavy atom. The maximum Gasteiger partial charge on any atom is 0.270 e. The molecule has 3 nitrogen and oxygen atoms in total. The van der Waals surface area contributed by atoms with Gasteiger partial charge >= 0.3 is 0 Å². The molecule has 0 saturated carbocycles. The molecular weight excluding hydrogens is 174 g/mol. The van der Waals surface area contributed by atoms with Gasteiger partial charge in [-0.15, -0.1) is 4.98 Å². The fraction of sp³-hybridized carbons (Fsp3) is 0.182. The van der Waals surface area contributed by atoms with Crippen molar-refractivity contribution in [2.24, 2.45) is 0 Å². The van der Waals surface area contributed by atoms with E-state index in [2.05, 4.69) is 14.8 Å². The summed E-state index contributed by atoms with van der Waals surface area (Å²) in [5.74, 6) is 0.424. The number of rotatable bonds is 0. The van der Waals surface area contributed by atoms with E-state index in [1.165, 1.54) is 0 Å². The number of pyridine rings is 2. The highest BCUT2D eigenvalue weighted by atomic mass is 14.9. The van der Waals surface area contributed by atoms with Gasteiger partial charge in [0.15, 0.2) is 5.52 Å². The molecule has 0 radical (unpaired) electrons. The smallest absolute Gasteiger partial charge is 0.270 e. The predicted molar refractivity (Wildman–Crippen MR) is 55.3 cm³/mol. The van der Waals surface area contributed by atoms with Crippen molar-refractivity contribution in [1.82, 2.24) is 9.97 Å². The second kappa shape index (κ2) is 3.08. The summed E-state index contributed by atoms with van der Waals surface area (Å²) in [7, 11) is 0. The Kier molecular flexibility index (Phi) is 1.90. The van der Waals surface area contributed by atoms with E-state index in [-0.39, 0.29) is 0 Å². The molecule has 0 fully saturated rings. The Balaban J connectivity index is 2.86. The highest BCUT2D eigenvalue weighted by Crippen LogP contribution is 2.20. The number of aromatic nitrogens is 2. The van der Waals surface area contributed by atoms with E-state index in [0.29, 0.717) is 5.82 Å². The van der Waals surface area contributed by atoms with Crippen LogP contribution in [-0.2, 0) is 0 Å². The van der Waals surface area contributed by atoms with Gasteiger partial charge in [-0.3, -0.25) is 4.98 Å². The first-order valence-electron chi connectivity index (χ1n) is 4.33. The van der Waals surface area contributed by atoms with Crippen LogP contribution in [0.25, 0.3) is 15.9 Å². The molecule has 0 saturated heterocycles. The molecule has 0 amide bonds. The van der Waals surface area contributed by atoms with Crippen molar-refractivity contribution in [2.45, 2.75) is 13.8 Å². The van der Waals surface area contributed by atoms with Crippen molar-refractivity contribution in [1.29, 1.82) is 0 Å². The summed E-state index contributed by atoms with van der Waals surface area (Å²) in [5.41, 5.74) is 3.88. The Labute approximate surface area is 82.2 Å². The van der Waals surface area contributed by atoms with Crippen molar-refractivity contribution < 1.29 is 0 Å². The van der Waals surface area contributed by atoms with Gasteiger partial charge in [-0.05, 0) is 31.5 Å². The maximum atomic E-state index is 6.89.